The van der Waals surface area contributed by atoms with Crippen LogP contribution in [0.4, 0.5) is 5.69 Å². The number of carbonyl (C=O) groups excluding carboxylic acids is 1. The molecule has 0 radical (unpaired) electrons. The molecule has 26 heavy (non-hydrogen) atoms. The van der Waals surface area contributed by atoms with Crippen molar-refractivity contribution in [2.45, 2.75) is 37.5 Å². The van der Waals surface area contributed by atoms with Gasteiger partial charge in [0.05, 0.1) is 4.90 Å². The predicted molar refractivity (Wildman–Crippen MR) is 103 cm³/mol. The second-order valence-electron chi connectivity index (χ2n) is 6.50. The van der Waals surface area contributed by atoms with Crippen molar-refractivity contribution < 1.29 is 13.2 Å². The Hall–Kier alpha value is -2.44. The smallest absolute Gasteiger partial charge is 0.255 e. The molecule has 0 aliphatic heterocycles. The van der Waals surface area contributed by atoms with Crippen LogP contribution in [0.5, 0.6) is 0 Å². The molecule has 0 fully saturated rings. The van der Waals surface area contributed by atoms with Crippen molar-refractivity contribution in [3.05, 3.63) is 65.2 Å². The highest BCUT2D eigenvalue weighted by Crippen LogP contribution is 2.31. The van der Waals surface area contributed by atoms with E-state index in [9.17, 15) is 13.2 Å². The maximum absolute atomic E-state index is 12.7. The molecule has 6 heteroatoms. The van der Waals surface area contributed by atoms with Gasteiger partial charge in [0.25, 0.3) is 5.91 Å². The van der Waals surface area contributed by atoms with Crippen LogP contribution in [-0.2, 0) is 10.0 Å². The van der Waals surface area contributed by atoms with Crippen molar-refractivity contribution in [3.63, 3.8) is 0 Å². The van der Waals surface area contributed by atoms with E-state index in [-0.39, 0.29) is 16.4 Å². The van der Waals surface area contributed by atoms with E-state index in [1.807, 2.05) is 24.3 Å². The first-order valence-electron chi connectivity index (χ1n) is 8.59. The summed E-state index contributed by atoms with van der Waals surface area (Å²) >= 11 is 0. The molecule has 3 N–H and O–H groups in total. The molecule has 0 aromatic heterocycles. The monoisotopic (exact) mass is 370 g/mol. The fourth-order valence-corrected chi connectivity index (χ4v) is 4.01. The maximum atomic E-state index is 12.7. The van der Waals surface area contributed by atoms with Crippen LogP contribution >= 0.6 is 0 Å². The van der Waals surface area contributed by atoms with Gasteiger partial charge in [-0.05, 0) is 61.9 Å². The lowest BCUT2D eigenvalue weighted by Crippen LogP contribution is -2.17. The average Bonchev–Trinajstić information content (AvgIpc) is 2.62. The highest BCUT2D eigenvalue weighted by Gasteiger charge is 2.17. The zero-order valence-corrected chi connectivity index (χ0v) is 15.5. The summed E-state index contributed by atoms with van der Waals surface area (Å²) in [6, 6.07) is 12.2. The third-order valence-corrected chi connectivity index (χ3v) is 5.62. The molecular formula is C20H22N2O3S. The maximum Gasteiger partial charge on any atom is 0.255 e. The molecule has 136 valence electrons. The number of amides is 1. The fourth-order valence-electron chi connectivity index (χ4n) is 3.20. The first-order valence-corrected chi connectivity index (χ1v) is 10.1. The van der Waals surface area contributed by atoms with Gasteiger partial charge in [0, 0.05) is 16.8 Å². The third-order valence-electron chi connectivity index (χ3n) is 4.57. The van der Waals surface area contributed by atoms with Crippen LogP contribution in [0, 0.1) is 6.92 Å². The Kier molecular flexibility index (Phi) is 5.25. The third kappa shape index (κ3) is 4.03. The molecule has 1 amide bonds. The molecule has 2 aromatic rings. The van der Waals surface area contributed by atoms with Crippen molar-refractivity contribution in [1.29, 1.82) is 0 Å². The van der Waals surface area contributed by atoms with Gasteiger partial charge in [0.1, 0.15) is 0 Å². The molecule has 0 spiro atoms. The summed E-state index contributed by atoms with van der Waals surface area (Å²) < 4.78 is 23.4. The quantitative estimate of drug-likeness (QED) is 0.856. The molecule has 2 aromatic carbocycles. The Morgan fingerprint density at radius 3 is 2.58 bits per heavy atom. The second kappa shape index (κ2) is 7.43. The lowest BCUT2D eigenvalue weighted by atomic mass is 9.92. The van der Waals surface area contributed by atoms with E-state index in [0.717, 1.165) is 30.5 Å². The van der Waals surface area contributed by atoms with Crippen LogP contribution in [0.2, 0.25) is 0 Å². The van der Waals surface area contributed by atoms with Crippen LogP contribution in [0.15, 0.2) is 53.4 Å². The van der Waals surface area contributed by atoms with Gasteiger partial charge < -0.3 is 5.32 Å². The Morgan fingerprint density at radius 1 is 1.12 bits per heavy atom. The van der Waals surface area contributed by atoms with Crippen molar-refractivity contribution in [1.82, 2.24) is 0 Å². The molecule has 0 heterocycles. The lowest BCUT2D eigenvalue weighted by molar-refractivity contribution is 0.102. The Balaban J connectivity index is 1.91. The number of hydrogen-bond acceptors (Lipinski definition) is 3. The fraction of sp³-hybridized carbons (Fsp3) is 0.250. The summed E-state index contributed by atoms with van der Waals surface area (Å²) in [6.07, 6.45) is 6.60. The van der Waals surface area contributed by atoms with Crippen LogP contribution < -0.4 is 10.5 Å². The molecule has 5 nitrogen and oxygen atoms in total. The highest BCUT2D eigenvalue weighted by molar-refractivity contribution is 7.89. The summed E-state index contributed by atoms with van der Waals surface area (Å²) in [5.74, 6) is -0.362. The molecule has 0 bridgehead atoms. The number of rotatable bonds is 4. The van der Waals surface area contributed by atoms with Crippen LogP contribution in [0.1, 0.15) is 47.2 Å². The zero-order chi connectivity index (χ0) is 18.7. The molecule has 0 saturated carbocycles. The van der Waals surface area contributed by atoms with E-state index in [0.29, 0.717) is 5.56 Å². The van der Waals surface area contributed by atoms with Gasteiger partial charge in [0.2, 0.25) is 10.0 Å². The number of hydrogen-bond donors (Lipinski definition) is 2. The molecule has 1 aliphatic carbocycles. The van der Waals surface area contributed by atoms with Gasteiger partial charge in [-0.2, -0.15) is 0 Å². The number of para-hydroxylation sites is 1. The lowest BCUT2D eigenvalue weighted by Gasteiger charge is -2.17. The molecular weight excluding hydrogens is 348 g/mol. The topological polar surface area (TPSA) is 89.3 Å². The van der Waals surface area contributed by atoms with Gasteiger partial charge in [-0.25, -0.2) is 13.6 Å². The number of aryl methyl sites for hydroxylation is 1. The Bertz CT molecular complexity index is 978. The van der Waals surface area contributed by atoms with Gasteiger partial charge in [0.15, 0.2) is 0 Å². The number of nitrogens with two attached hydrogens (primary N) is 1. The number of sulfonamides is 1. The minimum Gasteiger partial charge on any atom is -0.321 e. The molecule has 0 saturated heterocycles. The number of nitrogens with one attached hydrogen (secondary N) is 1. The number of carbonyl (C=O) groups is 1. The number of allylic oxidation sites excluding steroid dienone is 2. The van der Waals surface area contributed by atoms with E-state index < -0.39 is 10.0 Å². The molecule has 0 atom stereocenters. The summed E-state index contributed by atoms with van der Waals surface area (Å²) in [4.78, 5) is 12.6. The summed E-state index contributed by atoms with van der Waals surface area (Å²) in [7, 11) is -3.88. The Morgan fingerprint density at radius 2 is 1.88 bits per heavy atom. The van der Waals surface area contributed by atoms with Crippen molar-refractivity contribution in [2.75, 3.05) is 5.32 Å². The van der Waals surface area contributed by atoms with Crippen LogP contribution in [-0.4, -0.2) is 14.3 Å². The van der Waals surface area contributed by atoms with Crippen molar-refractivity contribution in [2.24, 2.45) is 5.14 Å². The average molecular weight is 370 g/mol. The number of primary sulfonamides is 1. The van der Waals surface area contributed by atoms with Gasteiger partial charge >= 0.3 is 0 Å². The van der Waals surface area contributed by atoms with E-state index in [1.54, 1.807) is 19.1 Å². The van der Waals surface area contributed by atoms with E-state index in [2.05, 4.69) is 11.4 Å². The molecule has 1 aliphatic rings. The van der Waals surface area contributed by atoms with E-state index in [4.69, 9.17) is 5.14 Å². The van der Waals surface area contributed by atoms with Crippen molar-refractivity contribution >= 4 is 27.2 Å². The minimum absolute atomic E-state index is 0.0339. The van der Waals surface area contributed by atoms with E-state index >= 15 is 0 Å². The second-order valence-corrected chi connectivity index (χ2v) is 8.03. The molecule has 3 rings (SSSR count). The minimum atomic E-state index is -3.88. The van der Waals surface area contributed by atoms with Crippen molar-refractivity contribution in [3.8, 4) is 0 Å². The standard InChI is InChI=1S/C20H22N2O3S/c1-14-11-12-16(13-19(14)26(21,24)25)20(23)22-18-10-6-5-9-17(18)15-7-3-2-4-8-15/h5-7,9-13H,2-4,8H2,1H3,(H,22,23)(H2,21,24,25). The largest absolute Gasteiger partial charge is 0.321 e. The predicted octanol–water partition coefficient (Wildman–Crippen LogP) is 3.85. The molecule has 0 unspecified atom stereocenters. The first kappa shape index (κ1) is 18.4. The number of anilines is 1. The van der Waals surface area contributed by atoms with Gasteiger partial charge in [-0.1, -0.05) is 30.3 Å². The number of benzene rings is 2. The summed E-state index contributed by atoms with van der Waals surface area (Å²) in [6.45, 7) is 1.65. The first-order chi connectivity index (χ1) is 12.4. The normalized spacial score (nSPS) is 14.6. The Labute approximate surface area is 154 Å². The summed E-state index contributed by atoms with van der Waals surface area (Å²) in [5, 5.41) is 8.14. The highest BCUT2D eigenvalue weighted by atomic mass is 32.2. The van der Waals surface area contributed by atoms with Gasteiger partial charge in [-0.3, -0.25) is 4.79 Å². The van der Waals surface area contributed by atoms with Crippen LogP contribution in [0.25, 0.3) is 5.57 Å². The summed E-state index contributed by atoms with van der Waals surface area (Å²) in [5.41, 5.74) is 3.74. The SMILES string of the molecule is Cc1ccc(C(=O)Nc2ccccc2C2=CCCCC2)cc1S(N)(=O)=O. The van der Waals surface area contributed by atoms with E-state index in [1.165, 1.54) is 18.1 Å². The van der Waals surface area contributed by atoms with Gasteiger partial charge in [-0.15, -0.1) is 0 Å². The van der Waals surface area contributed by atoms with Crippen LogP contribution in [0.3, 0.4) is 0 Å². The zero-order valence-electron chi connectivity index (χ0n) is 14.7.